The number of allylic oxidation sites excluding steroid dienone is 2. The summed E-state index contributed by atoms with van der Waals surface area (Å²) in [5.74, 6) is 0.833. The largest absolute Gasteiger partial charge is 0.0846 e. The van der Waals surface area contributed by atoms with Crippen LogP contribution in [-0.2, 0) is 0 Å². The first-order valence-electron chi connectivity index (χ1n) is 3.31. The van der Waals surface area contributed by atoms with E-state index in [1.165, 1.54) is 12.8 Å². The van der Waals surface area contributed by atoms with Gasteiger partial charge < -0.3 is 0 Å². The van der Waals surface area contributed by atoms with E-state index < -0.39 is 0 Å². The number of hydrogen-bond acceptors (Lipinski definition) is 0. The Balaban J connectivity index is 2.33. The molecule has 0 spiro atoms. The van der Waals surface area contributed by atoms with Crippen LogP contribution in [0.4, 0.5) is 0 Å². The summed E-state index contributed by atoms with van der Waals surface area (Å²) in [6.45, 7) is 2.34. The first kappa shape index (κ1) is 4.60. The van der Waals surface area contributed by atoms with E-state index in [1.54, 1.807) is 0 Å². The minimum Gasteiger partial charge on any atom is -0.0846 e. The first-order valence-corrected chi connectivity index (χ1v) is 3.31. The lowest BCUT2D eigenvalue weighted by molar-refractivity contribution is 0.461. The van der Waals surface area contributed by atoms with Crippen molar-refractivity contribution < 1.29 is 0 Å². The molecule has 0 aromatic heterocycles. The Morgan fingerprint density at radius 2 is 2.50 bits per heavy atom. The summed E-state index contributed by atoms with van der Waals surface area (Å²) in [5.41, 5.74) is 0.574. The maximum Gasteiger partial charge on any atom is -0.0138 e. The molecule has 2 aliphatic carbocycles. The summed E-state index contributed by atoms with van der Waals surface area (Å²) in [4.78, 5) is 0. The third-order valence-corrected chi connectivity index (χ3v) is 2.33. The second-order valence-corrected chi connectivity index (χ2v) is 3.32. The Morgan fingerprint density at radius 3 is 2.62 bits per heavy atom. The van der Waals surface area contributed by atoms with Crippen molar-refractivity contribution in [3.63, 3.8) is 0 Å². The molecule has 2 unspecified atom stereocenters. The third-order valence-electron chi connectivity index (χ3n) is 2.33. The third kappa shape index (κ3) is 0.460. The molecule has 2 bridgehead atoms. The van der Waals surface area contributed by atoms with Gasteiger partial charge in [0, 0.05) is 0 Å². The van der Waals surface area contributed by atoms with E-state index >= 15 is 0 Å². The van der Waals surface area contributed by atoms with Gasteiger partial charge in [0.15, 0.2) is 0 Å². The van der Waals surface area contributed by atoms with Gasteiger partial charge in [0.05, 0.1) is 0 Å². The molecule has 0 aliphatic heterocycles. The van der Waals surface area contributed by atoms with Gasteiger partial charge >= 0.3 is 0 Å². The number of rotatable bonds is 0. The maximum absolute atomic E-state index is 2.43. The lowest BCUT2D eigenvalue weighted by Gasteiger charge is -2.14. The van der Waals surface area contributed by atoms with Crippen LogP contribution >= 0.6 is 0 Å². The van der Waals surface area contributed by atoms with Crippen LogP contribution in [0.15, 0.2) is 12.2 Å². The summed E-state index contributed by atoms with van der Waals surface area (Å²) < 4.78 is 0. The fourth-order valence-corrected chi connectivity index (χ4v) is 1.76. The Hall–Kier alpha value is -0.260. The molecule has 0 aromatic rings. The van der Waals surface area contributed by atoms with Gasteiger partial charge in [-0.3, -0.25) is 0 Å². The van der Waals surface area contributed by atoms with Crippen molar-refractivity contribution in [1.82, 2.24) is 0 Å². The van der Waals surface area contributed by atoms with E-state index in [2.05, 4.69) is 25.5 Å². The van der Waals surface area contributed by atoms with Crippen molar-refractivity contribution in [3.05, 3.63) is 18.6 Å². The highest BCUT2D eigenvalue weighted by molar-refractivity contribution is 5.19. The van der Waals surface area contributed by atoms with E-state index in [0.717, 1.165) is 5.92 Å². The SMILES string of the molecule is CC12C=CC([CH]C1)C2. The van der Waals surface area contributed by atoms with Gasteiger partial charge in [0.1, 0.15) is 0 Å². The van der Waals surface area contributed by atoms with Gasteiger partial charge in [0.2, 0.25) is 0 Å². The van der Waals surface area contributed by atoms with Crippen LogP contribution in [0.25, 0.3) is 0 Å². The van der Waals surface area contributed by atoms with Crippen molar-refractivity contribution in [2.45, 2.75) is 19.8 Å². The maximum atomic E-state index is 2.43. The molecule has 1 radical (unpaired) electrons. The average Bonchev–Trinajstić information content (AvgIpc) is 2.21. The fourth-order valence-electron chi connectivity index (χ4n) is 1.76. The van der Waals surface area contributed by atoms with Crippen LogP contribution in [0.2, 0.25) is 0 Å². The lowest BCUT2D eigenvalue weighted by Crippen LogP contribution is -2.02. The van der Waals surface area contributed by atoms with Crippen molar-refractivity contribution in [2.24, 2.45) is 11.3 Å². The molecule has 2 rings (SSSR count). The minimum atomic E-state index is 0.574. The highest BCUT2D eigenvalue weighted by atomic mass is 14.4. The van der Waals surface area contributed by atoms with E-state index in [1.807, 2.05) is 0 Å². The van der Waals surface area contributed by atoms with Gasteiger partial charge in [-0.05, 0) is 30.6 Å². The van der Waals surface area contributed by atoms with Gasteiger partial charge in [0.25, 0.3) is 0 Å². The van der Waals surface area contributed by atoms with E-state index in [0.29, 0.717) is 5.41 Å². The zero-order chi connectivity index (χ0) is 5.61. The molecule has 0 saturated heterocycles. The summed E-state index contributed by atoms with van der Waals surface area (Å²) >= 11 is 0. The molecule has 0 aromatic carbocycles. The molecule has 0 amide bonds. The first-order chi connectivity index (χ1) is 3.79. The van der Waals surface area contributed by atoms with Gasteiger partial charge in [-0.15, -0.1) is 0 Å². The summed E-state index contributed by atoms with van der Waals surface area (Å²) in [7, 11) is 0. The second kappa shape index (κ2) is 1.18. The zero-order valence-electron chi connectivity index (χ0n) is 5.22. The predicted molar refractivity (Wildman–Crippen MR) is 34.3 cm³/mol. The second-order valence-electron chi connectivity index (χ2n) is 3.32. The Kier molecular flexibility index (Phi) is 0.677. The van der Waals surface area contributed by atoms with Crippen molar-refractivity contribution in [3.8, 4) is 0 Å². The summed E-state index contributed by atoms with van der Waals surface area (Å²) in [6.07, 6.45) is 9.84. The molecule has 0 nitrogen and oxygen atoms in total. The monoisotopic (exact) mass is 107 g/mol. The normalized spacial score (nSPS) is 50.9. The summed E-state index contributed by atoms with van der Waals surface area (Å²) in [6, 6.07) is 0. The number of fused-ring (bicyclic) bond motifs is 2. The Morgan fingerprint density at radius 1 is 1.62 bits per heavy atom. The van der Waals surface area contributed by atoms with E-state index in [-0.39, 0.29) is 0 Å². The topological polar surface area (TPSA) is 0 Å². The van der Waals surface area contributed by atoms with Crippen LogP contribution in [-0.4, -0.2) is 0 Å². The lowest BCUT2D eigenvalue weighted by atomic mass is 9.91. The summed E-state index contributed by atoms with van der Waals surface area (Å²) in [5, 5.41) is 0. The van der Waals surface area contributed by atoms with Gasteiger partial charge in [-0.1, -0.05) is 19.1 Å². The fraction of sp³-hybridized carbons (Fsp3) is 0.625. The average molecular weight is 107 g/mol. The predicted octanol–water partition coefficient (Wildman–Crippen LogP) is 2.18. The molecule has 0 heteroatoms. The number of hydrogen-bond donors (Lipinski definition) is 0. The molecule has 0 N–H and O–H groups in total. The molecular formula is C8H11. The van der Waals surface area contributed by atoms with Crippen LogP contribution in [0.5, 0.6) is 0 Å². The van der Waals surface area contributed by atoms with E-state index in [4.69, 9.17) is 0 Å². The molecule has 0 heterocycles. The molecule has 1 saturated carbocycles. The van der Waals surface area contributed by atoms with Crippen molar-refractivity contribution >= 4 is 0 Å². The van der Waals surface area contributed by atoms with Crippen molar-refractivity contribution in [1.29, 1.82) is 0 Å². The smallest absolute Gasteiger partial charge is 0.0138 e. The highest BCUT2D eigenvalue weighted by Gasteiger charge is 2.36. The quantitative estimate of drug-likeness (QED) is 0.416. The van der Waals surface area contributed by atoms with E-state index in [9.17, 15) is 0 Å². The van der Waals surface area contributed by atoms with Crippen LogP contribution < -0.4 is 0 Å². The van der Waals surface area contributed by atoms with Crippen LogP contribution in [0.3, 0.4) is 0 Å². The minimum absolute atomic E-state index is 0.574. The molecule has 8 heavy (non-hydrogen) atoms. The molecular weight excluding hydrogens is 96.1 g/mol. The molecule has 1 fully saturated rings. The Bertz CT molecular complexity index is 135. The molecule has 43 valence electrons. The van der Waals surface area contributed by atoms with Crippen LogP contribution in [0.1, 0.15) is 19.8 Å². The van der Waals surface area contributed by atoms with Gasteiger partial charge in [-0.2, -0.15) is 0 Å². The van der Waals surface area contributed by atoms with Gasteiger partial charge in [-0.25, -0.2) is 0 Å². The highest BCUT2D eigenvalue weighted by Crippen LogP contribution is 2.47. The van der Waals surface area contributed by atoms with Crippen LogP contribution in [0, 0.1) is 17.8 Å². The molecule has 2 atom stereocenters. The standard InChI is InChI=1S/C8H11/c1-8-4-2-7(6-8)3-5-8/h2-4,7H,5-6H2,1H3. The van der Waals surface area contributed by atoms with Crippen molar-refractivity contribution in [2.75, 3.05) is 0 Å². The zero-order valence-corrected chi connectivity index (χ0v) is 5.22. The molecule has 2 aliphatic rings. The Labute approximate surface area is 50.6 Å².